The average Bonchev–Trinajstić information content (AvgIpc) is 2.61. The highest BCUT2D eigenvalue weighted by Gasteiger charge is 2.23. The van der Waals surface area contributed by atoms with Crippen molar-refractivity contribution in [3.63, 3.8) is 0 Å². The summed E-state index contributed by atoms with van der Waals surface area (Å²) in [5, 5.41) is 2.93. The zero-order valence-corrected chi connectivity index (χ0v) is 15.1. The Balaban J connectivity index is 1.61. The van der Waals surface area contributed by atoms with E-state index < -0.39 is 15.7 Å². The third-order valence-corrected chi connectivity index (χ3v) is 6.92. The number of nitrogens with one attached hydrogen (secondary N) is 1. The molecule has 0 saturated heterocycles. The van der Waals surface area contributed by atoms with E-state index in [9.17, 15) is 17.6 Å². The van der Waals surface area contributed by atoms with Crippen LogP contribution in [0.15, 0.2) is 58.3 Å². The molecule has 0 radical (unpaired) electrons. The lowest BCUT2D eigenvalue weighted by Crippen LogP contribution is -2.31. The quantitative estimate of drug-likeness (QED) is 0.810. The highest BCUT2D eigenvalue weighted by Crippen LogP contribution is 2.35. The number of fused-ring (bicyclic) bond motifs is 1. The van der Waals surface area contributed by atoms with Gasteiger partial charge in [-0.3, -0.25) is 4.79 Å². The lowest BCUT2D eigenvalue weighted by Gasteiger charge is -2.25. The standard InChI is InChI=1S/C18H18FNO3S2/c19-13-5-7-14(8-6-13)25(22,23)12-10-18(21)20-16-9-11-24-17-4-2-1-3-15(16)17/h1-8,16H,9-12H2,(H,20,21)/t16-/m0/s1. The van der Waals surface area contributed by atoms with Gasteiger partial charge in [0.2, 0.25) is 5.91 Å². The maximum absolute atomic E-state index is 12.9. The molecule has 0 bridgehead atoms. The van der Waals surface area contributed by atoms with E-state index in [0.717, 1.165) is 34.8 Å². The Morgan fingerprint density at radius 3 is 2.64 bits per heavy atom. The molecule has 0 aliphatic carbocycles. The summed E-state index contributed by atoms with van der Waals surface area (Å²) in [7, 11) is -3.61. The van der Waals surface area contributed by atoms with Crippen LogP contribution in [0.1, 0.15) is 24.4 Å². The van der Waals surface area contributed by atoms with Crippen LogP contribution in [0.3, 0.4) is 0 Å². The minimum absolute atomic E-state index is 0.0288. The Morgan fingerprint density at radius 2 is 1.88 bits per heavy atom. The van der Waals surface area contributed by atoms with Crippen LogP contribution in [0.25, 0.3) is 0 Å². The van der Waals surface area contributed by atoms with Gasteiger partial charge in [0, 0.05) is 17.1 Å². The molecule has 3 rings (SSSR count). The largest absolute Gasteiger partial charge is 0.349 e. The van der Waals surface area contributed by atoms with Crippen molar-refractivity contribution in [2.24, 2.45) is 0 Å². The van der Waals surface area contributed by atoms with E-state index in [1.165, 1.54) is 12.1 Å². The third-order valence-electron chi connectivity index (χ3n) is 4.06. The van der Waals surface area contributed by atoms with E-state index in [0.29, 0.717) is 0 Å². The Bertz CT molecular complexity index is 866. The van der Waals surface area contributed by atoms with Crippen molar-refractivity contribution in [2.45, 2.75) is 28.7 Å². The lowest BCUT2D eigenvalue weighted by molar-refractivity contribution is -0.121. The van der Waals surface area contributed by atoms with Crippen molar-refractivity contribution in [2.75, 3.05) is 11.5 Å². The minimum Gasteiger partial charge on any atom is -0.349 e. The van der Waals surface area contributed by atoms with E-state index >= 15 is 0 Å². The first-order valence-electron chi connectivity index (χ1n) is 7.95. The zero-order chi connectivity index (χ0) is 17.9. The second-order valence-corrected chi connectivity index (χ2v) is 9.06. The molecule has 1 aliphatic heterocycles. The highest BCUT2D eigenvalue weighted by atomic mass is 32.2. The van der Waals surface area contributed by atoms with Crippen LogP contribution in [0.5, 0.6) is 0 Å². The van der Waals surface area contributed by atoms with E-state index in [1.807, 2.05) is 24.3 Å². The van der Waals surface area contributed by atoms with E-state index in [4.69, 9.17) is 0 Å². The second-order valence-electron chi connectivity index (χ2n) is 5.82. The normalized spacial score (nSPS) is 16.9. The van der Waals surface area contributed by atoms with Gasteiger partial charge in [0.15, 0.2) is 9.84 Å². The summed E-state index contributed by atoms with van der Waals surface area (Å²) >= 11 is 1.76. The van der Waals surface area contributed by atoms with Gasteiger partial charge in [-0.05, 0) is 42.3 Å². The molecule has 1 heterocycles. The molecule has 4 nitrogen and oxygen atoms in total. The van der Waals surface area contributed by atoms with Crippen LogP contribution in [0.2, 0.25) is 0 Å². The summed E-state index contributed by atoms with van der Waals surface area (Å²) in [5.74, 6) is -0.174. The summed E-state index contributed by atoms with van der Waals surface area (Å²) in [6, 6.07) is 12.5. The summed E-state index contributed by atoms with van der Waals surface area (Å²) in [5.41, 5.74) is 1.08. The highest BCUT2D eigenvalue weighted by molar-refractivity contribution is 7.99. The topological polar surface area (TPSA) is 63.2 Å². The van der Waals surface area contributed by atoms with Crippen LogP contribution in [0, 0.1) is 5.82 Å². The van der Waals surface area contributed by atoms with Crippen molar-refractivity contribution in [1.29, 1.82) is 0 Å². The van der Waals surface area contributed by atoms with Gasteiger partial charge in [-0.2, -0.15) is 0 Å². The number of amides is 1. The fraction of sp³-hybridized carbons (Fsp3) is 0.278. The first-order valence-corrected chi connectivity index (χ1v) is 10.6. The van der Waals surface area contributed by atoms with Gasteiger partial charge in [-0.15, -0.1) is 11.8 Å². The van der Waals surface area contributed by atoms with Crippen LogP contribution in [-0.4, -0.2) is 25.8 Å². The molecule has 2 aromatic carbocycles. The summed E-state index contributed by atoms with van der Waals surface area (Å²) in [6.07, 6.45) is 0.698. The molecule has 1 amide bonds. The number of carbonyl (C=O) groups excluding carboxylic acids is 1. The fourth-order valence-corrected chi connectivity index (χ4v) is 5.11. The van der Waals surface area contributed by atoms with Crippen LogP contribution >= 0.6 is 11.8 Å². The predicted octanol–water partition coefficient (Wildman–Crippen LogP) is 3.34. The Kier molecular flexibility index (Phi) is 5.44. The molecular formula is C18H18FNO3S2. The van der Waals surface area contributed by atoms with Gasteiger partial charge >= 0.3 is 0 Å². The van der Waals surface area contributed by atoms with Gasteiger partial charge < -0.3 is 5.32 Å². The Hall–Kier alpha value is -1.86. The number of sulfone groups is 1. The van der Waals surface area contributed by atoms with Crippen LogP contribution in [-0.2, 0) is 14.6 Å². The molecule has 1 aliphatic rings. The molecule has 1 atom stereocenters. The third kappa shape index (κ3) is 4.41. The van der Waals surface area contributed by atoms with Crippen molar-refractivity contribution in [3.8, 4) is 0 Å². The molecule has 132 valence electrons. The summed E-state index contributed by atoms with van der Waals surface area (Å²) < 4.78 is 37.4. The maximum atomic E-state index is 12.9. The van der Waals surface area contributed by atoms with Gasteiger partial charge in [-0.25, -0.2) is 12.8 Å². The van der Waals surface area contributed by atoms with Crippen molar-refractivity contribution < 1.29 is 17.6 Å². The number of benzene rings is 2. The van der Waals surface area contributed by atoms with Gasteiger partial charge in [0.25, 0.3) is 0 Å². The molecule has 0 aromatic heterocycles. The SMILES string of the molecule is O=C(CCS(=O)(=O)c1ccc(F)cc1)N[C@H]1CCSc2ccccc21. The molecule has 0 unspecified atom stereocenters. The fourth-order valence-electron chi connectivity index (χ4n) is 2.75. The number of carbonyl (C=O) groups is 1. The predicted molar refractivity (Wildman–Crippen MR) is 95.7 cm³/mol. The number of rotatable bonds is 5. The molecule has 7 heteroatoms. The minimum atomic E-state index is -3.61. The van der Waals surface area contributed by atoms with Crippen LogP contribution < -0.4 is 5.32 Å². The number of thioether (sulfide) groups is 1. The molecule has 0 fully saturated rings. The van der Waals surface area contributed by atoms with Gasteiger partial charge in [0.05, 0.1) is 16.7 Å². The number of hydrogen-bond acceptors (Lipinski definition) is 4. The monoisotopic (exact) mass is 379 g/mol. The van der Waals surface area contributed by atoms with Gasteiger partial charge in [0.1, 0.15) is 5.82 Å². The molecule has 2 aromatic rings. The number of halogens is 1. The Morgan fingerprint density at radius 1 is 1.16 bits per heavy atom. The average molecular weight is 379 g/mol. The summed E-state index contributed by atoms with van der Waals surface area (Å²) in [4.78, 5) is 13.4. The zero-order valence-electron chi connectivity index (χ0n) is 13.4. The first kappa shape index (κ1) is 17.9. The molecule has 1 N–H and O–H groups in total. The smallest absolute Gasteiger partial charge is 0.221 e. The number of hydrogen-bond donors (Lipinski definition) is 1. The summed E-state index contributed by atoms with van der Waals surface area (Å²) in [6.45, 7) is 0. The molecule has 25 heavy (non-hydrogen) atoms. The van der Waals surface area contributed by atoms with E-state index in [-0.39, 0.29) is 29.0 Å². The lowest BCUT2D eigenvalue weighted by atomic mass is 10.0. The van der Waals surface area contributed by atoms with Gasteiger partial charge in [-0.1, -0.05) is 18.2 Å². The second kappa shape index (κ2) is 7.58. The molecule has 0 spiro atoms. The van der Waals surface area contributed by atoms with Crippen molar-refractivity contribution in [1.82, 2.24) is 5.32 Å². The first-order chi connectivity index (χ1) is 12.0. The van der Waals surface area contributed by atoms with Crippen LogP contribution in [0.4, 0.5) is 4.39 Å². The van der Waals surface area contributed by atoms with Crippen molar-refractivity contribution in [3.05, 3.63) is 59.9 Å². The van der Waals surface area contributed by atoms with E-state index in [2.05, 4.69) is 5.32 Å². The molecular weight excluding hydrogens is 361 g/mol. The Labute approximate surface area is 150 Å². The maximum Gasteiger partial charge on any atom is 0.221 e. The van der Waals surface area contributed by atoms with E-state index in [1.54, 1.807) is 11.8 Å². The van der Waals surface area contributed by atoms with Crippen molar-refractivity contribution >= 4 is 27.5 Å². The molecule has 0 saturated carbocycles.